The van der Waals surface area contributed by atoms with Crippen LogP contribution >= 0.6 is 35.1 Å². The van der Waals surface area contributed by atoms with Crippen molar-refractivity contribution in [3.63, 3.8) is 0 Å². The highest BCUT2D eigenvalue weighted by molar-refractivity contribution is 8.19. The second kappa shape index (κ2) is 7.65. The maximum atomic E-state index is 12.4. The molecule has 0 unspecified atom stereocenters. The summed E-state index contributed by atoms with van der Waals surface area (Å²) < 4.78 is 0.512. The number of benzene rings is 2. The van der Waals surface area contributed by atoms with Crippen molar-refractivity contribution in [2.75, 3.05) is 11.5 Å². The van der Waals surface area contributed by atoms with Crippen molar-refractivity contribution in [2.24, 2.45) is 0 Å². The van der Waals surface area contributed by atoms with Crippen molar-refractivity contribution >= 4 is 41.0 Å². The molecule has 0 aliphatic carbocycles. The summed E-state index contributed by atoms with van der Waals surface area (Å²) in [5.41, 5.74) is 2.98. The van der Waals surface area contributed by atoms with Gasteiger partial charge in [-0.2, -0.15) is 0 Å². The average molecular weight is 364 g/mol. The fourth-order valence-electron chi connectivity index (χ4n) is 2.48. The van der Waals surface area contributed by atoms with Gasteiger partial charge in [-0.3, -0.25) is 4.79 Å². The van der Waals surface area contributed by atoms with Gasteiger partial charge in [-0.1, -0.05) is 35.9 Å². The molecule has 2 aromatic rings. The summed E-state index contributed by atoms with van der Waals surface area (Å²) in [7, 11) is 0. The molecule has 0 bridgehead atoms. The molecule has 1 aliphatic rings. The standard InChI is InChI=1S/C18H18ClNOS2/c1-12(15-3-2-4-16(19)11-15)20-17(21)13-5-7-14(8-6-13)18-22-9-10-23-18/h2-8,11-12,18H,9-10H2,1H3,(H,20,21)/t12-/m1/s1. The molecule has 0 radical (unpaired) electrons. The van der Waals surface area contributed by atoms with Gasteiger partial charge in [0.05, 0.1) is 10.6 Å². The lowest BCUT2D eigenvalue weighted by Crippen LogP contribution is -2.26. The number of thioether (sulfide) groups is 2. The molecule has 2 aromatic carbocycles. The van der Waals surface area contributed by atoms with E-state index in [0.29, 0.717) is 15.2 Å². The predicted octanol–water partition coefficient (Wildman–Crippen LogP) is 5.31. The molecule has 1 heterocycles. The minimum absolute atomic E-state index is 0.0595. The van der Waals surface area contributed by atoms with Crippen molar-refractivity contribution in [3.8, 4) is 0 Å². The third kappa shape index (κ3) is 4.25. The summed E-state index contributed by atoms with van der Waals surface area (Å²) in [6.45, 7) is 1.96. The highest BCUT2D eigenvalue weighted by Crippen LogP contribution is 2.45. The molecular formula is C18H18ClNOS2. The maximum Gasteiger partial charge on any atom is 0.251 e. The van der Waals surface area contributed by atoms with Crippen molar-refractivity contribution in [1.82, 2.24) is 5.32 Å². The van der Waals surface area contributed by atoms with Crippen LogP contribution in [0.5, 0.6) is 0 Å². The Bertz CT molecular complexity index is 684. The number of carbonyl (C=O) groups is 1. The molecule has 0 aromatic heterocycles. The van der Waals surface area contributed by atoms with Gasteiger partial charge in [0.1, 0.15) is 0 Å². The second-order valence-electron chi connectivity index (χ2n) is 5.45. The maximum absolute atomic E-state index is 12.4. The van der Waals surface area contributed by atoms with Crippen LogP contribution in [0.3, 0.4) is 0 Å². The van der Waals surface area contributed by atoms with Gasteiger partial charge in [0, 0.05) is 22.1 Å². The molecule has 120 valence electrons. The zero-order valence-corrected chi connectivity index (χ0v) is 15.2. The first-order valence-corrected chi connectivity index (χ1v) is 10.0. The summed E-state index contributed by atoms with van der Waals surface area (Å²) >= 11 is 9.94. The lowest BCUT2D eigenvalue weighted by molar-refractivity contribution is 0.0940. The Morgan fingerprint density at radius 1 is 1.17 bits per heavy atom. The summed E-state index contributed by atoms with van der Waals surface area (Å²) in [6, 6.07) is 15.4. The molecule has 1 atom stereocenters. The number of nitrogens with one attached hydrogen (secondary N) is 1. The van der Waals surface area contributed by atoms with Crippen molar-refractivity contribution in [1.29, 1.82) is 0 Å². The van der Waals surface area contributed by atoms with E-state index in [1.807, 2.05) is 66.8 Å². The number of hydrogen-bond acceptors (Lipinski definition) is 3. The second-order valence-corrected chi connectivity index (χ2v) is 8.61. The first-order valence-electron chi connectivity index (χ1n) is 7.53. The Morgan fingerprint density at radius 3 is 2.52 bits per heavy atom. The lowest BCUT2D eigenvalue weighted by atomic mass is 10.1. The molecule has 0 saturated carbocycles. The number of halogens is 1. The minimum atomic E-state index is -0.0816. The van der Waals surface area contributed by atoms with E-state index < -0.39 is 0 Å². The van der Waals surface area contributed by atoms with Crippen molar-refractivity contribution in [3.05, 3.63) is 70.2 Å². The van der Waals surface area contributed by atoms with E-state index in [9.17, 15) is 4.79 Å². The summed E-state index contributed by atoms with van der Waals surface area (Å²) in [4.78, 5) is 12.4. The molecule has 1 saturated heterocycles. The third-order valence-corrected chi connectivity index (χ3v) is 7.10. The van der Waals surface area contributed by atoms with Crippen LogP contribution in [0.1, 0.15) is 39.0 Å². The number of carbonyl (C=O) groups excluding carboxylic acids is 1. The van der Waals surface area contributed by atoms with Gasteiger partial charge in [0.25, 0.3) is 5.91 Å². The average Bonchev–Trinajstić information content (AvgIpc) is 3.09. The first-order chi connectivity index (χ1) is 11.1. The van der Waals surface area contributed by atoms with Gasteiger partial charge in [0.2, 0.25) is 0 Å². The molecule has 5 heteroatoms. The predicted molar refractivity (Wildman–Crippen MR) is 101 cm³/mol. The normalized spacial score (nSPS) is 16.3. The Balaban J connectivity index is 1.65. The highest BCUT2D eigenvalue weighted by atomic mass is 35.5. The van der Waals surface area contributed by atoms with E-state index in [4.69, 9.17) is 11.6 Å². The van der Waals surface area contributed by atoms with Crippen LogP contribution in [0.4, 0.5) is 0 Å². The van der Waals surface area contributed by atoms with Gasteiger partial charge in [-0.25, -0.2) is 0 Å². The Hall–Kier alpha value is -1.10. The number of rotatable bonds is 4. The van der Waals surface area contributed by atoms with Crippen LogP contribution < -0.4 is 5.32 Å². The number of hydrogen-bond donors (Lipinski definition) is 1. The van der Waals surface area contributed by atoms with Crippen LogP contribution in [0.25, 0.3) is 0 Å². The van der Waals surface area contributed by atoms with E-state index in [0.717, 1.165) is 5.56 Å². The van der Waals surface area contributed by atoms with Gasteiger partial charge in [-0.15, -0.1) is 23.5 Å². The van der Waals surface area contributed by atoms with E-state index in [1.54, 1.807) is 0 Å². The number of amides is 1. The molecule has 2 nitrogen and oxygen atoms in total. The summed E-state index contributed by atoms with van der Waals surface area (Å²) in [5, 5.41) is 3.70. The van der Waals surface area contributed by atoms with Crippen LogP contribution in [0.2, 0.25) is 5.02 Å². The molecule has 1 N–H and O–H groups in total. The van der Waals surface area contributed by atoms with Crippen LogP contribution in [0, 0.1) is 0 Å². The van der Waals surface area contributed by atoms with Gasteiger partial charge in [0.15, 0.2) is 0 Å². The first kappa shape index (κ1) is 16.7. The van der Waals surface area contributed by atoms with E-state index in [2.05, 4.69) is 17.4 Å². The monoisotopic (exact) mass is 363 g/mol. The SMILES string of the molecule is C[C@@H](NC(=O)c1ccc(C2SCCS2)cc1)c1cccc(Cl)c1. The van der Waals surface area contributed by atoms with E-state index in [-0.39, 0.29) is 11.9 Å². The molecule has 23 heavy (non-hydrogen) atoms. The summed E-state index contributed by atoms with van der Waals surface area (Å²) in [6.07, 6.45) is 0. The summed E-state index contributed by atoms with van der Waals surface area (Å²) in [5.74, 6) is 2.35. The van der Waals surface area contributed by atoms with Gasteiger partial charge < -0.3 is 5.32 Å². The molecule has 1 amide bonds. The molecule has 1 aliphatic heterocycles. The van der Waals surface area contributed by atoms with E-state index >= 15 is 0 Å². The van der Waals surface area contributed by atoms with Crippen molar-refractivity contribution in [2.45, 2.75) is 17.5 Å². The fraction of sp³-hybridized carbons (Fsp3) is 0.278. The Labute approximate surface area is 150 Å². The quantitative estimate of drug-likeness (QED) is 0.798. The molecular weight excluding hydrogens is 346 g/mol. The van der Waals surface area contributed by atoms with Gasteiger partial charge in [-0.05, 0) is 42.3 Å². The molecule has 1 fully saturated rings. The van der Waals surface area contributed by atoms with Crippen LogP contribution in [-0.4, -0.2) is 17.4 Å². The Kier molecular flexibility index (Phi) is 5.57. The minimum Gasteiger partial charge on any atom is -0.346 e. The van der Waals surface area contributed by atoms with Crippen molar-refractivity contribution < 1.29 is 4.79 Å². The third-order valence-electron chi connectivity index (χ3n) is 3.76. The lowest BCUT2D eigenvalue weighted by Gasteiger charge is -2.15. The van der Waals surface area contributed by atoms with E-state index in [1.165, 1.54) is 17.1 Å². The van der Waals surface area contributed by atoms with Crippen LogP contribution in [-0.2, 0) is 0 Å². The Morgan fingerprint density at radius 2 is 1.87 bits per heavy atom. The molecule has 3 rings (SSSR count). The highest BCUT2D eigenvalue weighted by Gasteiger charge is 2.18. The zero-order chi connectivity index (χ0) is 16.2. The smallest absolute Gasteiger partial charge is 0.251 e. The topological polar surface area (TPSA) is 29.1 Å². The zero-order valence-electron chi connectivity index (χ0n) is 12.8. The molecule has 0 spiro atoms. The van der Waals surface area contributed by atoms with Gasteiger partial charge >= 0.3 is 0 Å². The largest absolute Gasteiger partial charge is 0.346 e. The van der Waals surface area contributed by atoms with Crippen LogP contribution in [0.15, 0.2) is 48.5 Å². The fourth-order valence-corrected chi connectivity index (χ4v) is 5.54.